The number of carbonyl (C=O) groups is 1. The highest BCUT2D eigenvalue weighted by atomic mass is 16.4. The Hall–Kier alpha value is -4.33. The number of rotatable bonds is 4. The third-order valence-electron chi connectivity index (χ3n) is 3.68. The van der Waals surface area contributed by atoms with Crippen molar-refractivity contribution in [2.45, 2.75) is 0 Å². The van der Waals surface area contributed by atoms with Crippen LogP contribution < -0.4 is 5.32 Å². The van der Waals surface area contributed by atoms with Crippen molar-refractivity contribution in [2.24, 2.45) is 10.2 Å². The Morgan fingerprint density at radius 1 is 0.900 bits per heavy atom. The Morgan fingerprint density at radius 3 is 2.17 bits per heavy atom. The predicted octanol–water partition coefficient (Wildman–Crippen LogP) is 5.36. The zero-order valence-corrected chi connectivity index (χ0v) is 16.5. The van der Waals surface area contributed by atoms with E-state index in [2.05, 4.69) is 20.3 Å². The van der Waals surface area contributed by atoms with Crippen LogP contribution in [0.2, 0.25) is 0 Å². The van der Waals surface area contributed by atoms with Crippen molar-refractivity contribution >= 4 is 23.0 Å². The first kappa shape index (κ1) is 22.0. The molecule has 0 radical (unpaired) electrons. The van der Waals surface area contributed by atoms with Crippen molar-refractivity contribution in [1.29, 1.82) is 10.5 Å². The molecule has 0 saturated heterocycles. The van der Waals surface area contributed by atoms with Crippen molar-refractivity contribution in [3.8, 4) is 12.1 Å². The number of benzene rings is 3. The highest BCUT2D eigenvalue weighted by Gasteiger charge is 2.05. The molecule has 0 bridgehead atoms. The lowest BCUT2D eigenvalue weighted by Crippen LogP contribution is -2.11. The monoisotopic (exact) mass is 397 g/mol. The van der Waals surface area contributed by atoms with Gasteiger partial charge in [0.05, 0.1) is 22.9 Å². The maximum absolute atomic E-state index is 12.1. The van der Waals surface area contributed by atoms with Gasteiger partial charge in [-0.1, -0.05) is 18.2 Å². The quantitative estimate of drug-likeness (QED) is 0.597. The number of amides is 1. The molecule has 3 aromatic carbocycles. The van der Waals surface area contributed by atoms with E-state index >= 15 is 0 Å². The van der Waals surface area contributed by atoms with Crippen LogP contribution in [0.5, 0.6) is 0 Å². The number of methoxy groups -OCH3 is 1. The summed E-state index contributed by atoms with van der Waals surface area (Å²) in [5, 5.41) is 29.0. The number of nitrogens with zero attached hydrogens (tertiary/aromatic N) is 4. The molecule has 3 rings (SSSR count). The highest BCUT2D eigenvalue weighted by Crippen LogP contribution is 2.24. The summed E-state index contributed by atoms with van der Waals surface area (Å²) in [5.41, 5.74) is 2.84. The summed E-state index contributed by atoms with van der Waals surface area (Å²) in [6.45, 7) is 0. The third-order valence-corrected chi connectivity index (χ3v) is 3.68. The summed E-state index contributed by atoms with van der Waals surface area (Å²) in [7, 11) is 3.25. The summed E-state index contributed by atoms with van der Waals surface area (Å²) in [6, 6.07) is 24.4. The first-order valence-electron chi connectivity index (χ1n) is 8.84. The fourth-order valence-corrected chi connectivity index (χ4v) is 2.30. The van der Waals surface area contributed by atoms with Gasteiger partial charge in [0.25, 0.3) is 5.91 Å². The lowest BCUT2D eigenvalue weighted by atomic mass is 10.1. The van der Waals surface area contributed by atoms with Crippen molar-refractivity contribution < 1.29 is 9.53 Å². The van der Waals surface area contributed by atoms with Gasteiger partial charge in [0.2, 0.25) is 0 Å². The van der Waals surface area contributed by atoms with Crippen LogP contribution in [-0.2, 0) is 4.74 Å². The van der Waals surface area contributed by atoms with Crippen LogP contribution in [-0.4, -0.2) is 20.1 Å². The zero-order chi connectivity index (χ0) is 21.8. The standard InChI is InChI=1S/C21H13N5O.C2H6O/c22-13-15-6-11-20(17(12-15)14-23)26-25-19-9-7-18(8-10-19)24-21(27)16-4-2-1-3-5-16;1-3-2/h1-12H,(H,24,27);1-2H3. The van der Waals surface area contributed by atoms with Crippen LogP contribution in [0.4, 0.5) is 17.1 Å². The molecule has 0 aliphatic carbocycles. The smallest absolute Gasteiger partial charge is 0.255 e. The molecular weight excluding hydrogens is 378 g/mol. The van der Waals surface area contributed by atoms with Crippen molar-refractivity contribution in [1.82, 2.24) is 0 Å². The Kier molecular flexibility index (Phi) is 8.42. The molecule has 0 heterocycles. The van der Waals surface area contributed by atoms with Crippen molar-refractivity contribution in [3.63, 3.8) is 0 Å². The van der Waals surface area contributed by atoms with E-state index in [-0.39, 0.29) is 11.5 Å². The highest BCUT2D eigenvalue weighted by molar-refractivity contribution is 6.04. The van der Waals surface area contributed by atoms with Crippen LogP contribution in [0.1, 0.15) is 21.5 Å². The Balaban J connectivity index is 0.00000101. The molecule has 1 N–H and O–H groups in total. The van der Waals surface area contributed by atoms with E-state index in [0.717, 1.165) is 0 Å². The molecule has 0 fully saturated rings. The van der Waals surface area contributed by atoms with Gasteiger partial charge in [0.1, 0.15) is 11.8 Å². The van der Waals surface area contributed by atoms with Gasteiger partial charge in [-0.15, -0.1) is 5.11 Å². The first-order chi connectivity index (χ1) is 14.6. The SMILES string of the molecule is COC.N#Cc1ccc(N=Nc2ccc(NC(=O)c3ccccc3)cc2)c(C#N)c1. The second kappa shape index (κ2) is 11.5. The number of anilines is 1. The minimum absolute atomic E-state index is 0.193. The molecule has 7 heteroatoms. The average Bonchev–Trinajstić information content (AvgIpc) is 2.79. The van der Waals surface area contributed by atoms with E-state index < -0.39 is 0 Å². The summed E-state index contributed by atoms with van der Waals surface area (Å²) in [5.74, 6) is -0.193. The topological polar surface area (TPSA) is 111 Å². The number of hydrogen-bond donors (Lipinski definition) is 1. The van der Waals surface area contributed by atoms with Gasteiger partial charge < -0.3 is 10.1 Å². The summed E-state index contributed by atoms with van der Waals surface area (Å²) in [6.07, 6.45) is 0. The van der Waals surface area contributed by atoms with Gasteiger partial charge in [-0.3, -0.25) is 4.79 Å². The first-order valence-corrected chi connectivity index (χ1v) is 8.84. The van der Waals surface area contributed by atoms with E-state index in [0.29, 0.717) is 28.2 Å². The van der Waals surface area contributed by atoms with Gasteiger partial charge in [-0.25, -0.2) is 0 Å². The van der Waals surface area contributed by atoms with Crippen molar-refractivity contribution in [2.75, 3.05) is 19.5 Å². The lowest BCUT2D eigenvalue weighted by molar-refractivity contribution is 0.102. The van der Waals surface area contributed by atoms with Crippen LogP contribution >= 0.6 is 0 Å². The molecule has 30 heavy (non-hydrogen) atoms. The van der Waals surface area contributed by atoms with Gasteiger partial charge in [0.15, 0.2) is 0 Å². The maximum atomic E-state index is 12.1. The number of hydrogen-bond acceptors (Lipinski definition) is 6. The van der Waals surface area contributed by atoms with E-state index in [1.165, 1.54) is 6.07 Å². The Bertz CT molecular complexity index is 1100. The van der Waals surface area contributed by atoms with E-state index in [1.54, 1.807) is 74.9 Å². The van der Waals surface area contributed by atoms with Gasteiger partial charge in [-0.05, 0) is 54.6 Å². The van der Waals surface area contributed by atoms with Gasteiger partial charge >= 0.3 is 0 Å². The maximum Gasteiger partial charge on any atom is 0.255 e. The van der Waals surface area contributed by atoms with Gasteiger partial charge in [0, 0.05) is 25.5 Å². The number of nitriles is 2. The average molecular weight is 397 g/mol. The minimum Gasteiger partial charge on any atom is -0.388 e. The van der Waals surface area contributed by atoms with E-state index in [9.17, 15) is 4.79 Å². The predicted molar refractivity (Wildman–Crippen MR) is 114 cm³/mol. The third kappa shape index (κ3) is 6.38. The number of carbonyl (C=O) groups excluding carboxylic acids is 1. The van der Waals surface area contributed by atoms with Gasteiger partial charge in [-0.2, -0.15) is 15.6 Å². The van der Waals surface area contributed by atoms with Crippen LogP contribution in [0.25, 0.3) is 0 Å². The fourth-order valence-electron chi connectivity index (χ4n) is 2.30. The van der Waals surface area contributed by atoms with Crippen LogP contribution in [0.15, 0.2) is 83.0 Å². The van der Waals surface area contributed by atoms with Crippen LogP contribution in [0.3, 0.4) is 0 Å². The molecule has 0 aliphatic rings. The molecule has 3 aromatic rings. The lowest BCUT2D eigenvalue weighted by Gasteiger charge is -2.05. The second-order valence-corrected chi connectivity index (χ2v) is 5.93. The van der Waals surface area contributed by atoms with Crippen molar-refractivity contribution in [3.05, 3.63) is 89.5 Å². The second-order valence-electron chi connectivity index (χ2n) is 5.93. The molecule has 7 nitrogen and oxygen atoms in total. The summed E-state index contributed by atoms with van der Waals surface area (Å²) in [4.78, 5) is 12.1. The summed E-state index contributed by atoms with van der Waals surface area (Å²) < 4.78 is 4.25. The molecule has 0 saturated carbocycles. The van der Waals surface area contributed by atoms with E-state index in [1.807, 2.05) is 18.2 Å². The molecule has 0 atom stereocenters. The van der Waals surface area contributed by atoms with E-state index in [4.69, 9.17) is 10.5 Å². The fraction of sp³-hybridized carbons (Fsp3) is 0.0870. The number of nitrogens with one attached hydrogen (secondary N) is 1. The number of azo groups is 1. The Morgan fingerprint density at radius 2 is 1.57 bits per heavy atom. The molecule has 148 valence electrons. The zero-order valence-electron chi connectivity index (χ0n) is 16.5. The molecule has 0 aromatic heterocycles. The summed E-state index contributed by atoms with van der Waals surface area (Å²) >= 11 is 0. The minimum atomic E-state index is -0.193. The number of ether oxygens (including phenoxy) is 1. The molecule has 0 unspecified atom stereocenters. The largest absolute Gasteiger partial charge is 0.388 e. The normalized spacial score (nSPS) is 9.73. The molecule has 0 spiro atoms. The molecule has 1 amide bonds. The molecular formula is C23H19N5O2. The van der Waals surface area contributed by atoms with Crippen LogP contribution in [0, 0.1) is 22.7 Å². The molecule has 0 aliphatic heterocycles. The Labute approximate surface area is 174 Å².